The van der Waals surface area contributed by atoms with Gasteiger partial charge in [-0.05, 0) is 74.5 Å². The Bertz CT molecular complexity index is 357. The van der Waals surface area contributed by atoms with Crippen molar-refractivity contribution in [3.05, 3.63) is 0 Å². The molecule has 3 nitrogen and oxygen atoms in total. The van der Waals surface area contributed by atoms with Crippen LogP contribution in [0.3, 0.4) is 0 Å². The number of alkyl halides is 1. The van der Waals surface area contributed by atoms with Crippen molar-refractivity contribution in [2.75, 3.05) is 0 Å². The molecule has 2 atom stereocenters. The lowest BCUT2D eigenvalue weighted by molar-refractivity contribution is -0.0795. The molecule has 2 radical (unpaired) electrons. The zero-order chi connectivity index (χ0) is 17.2. The molecule has 0 bridgehead atoms. The van der Waals surface area contributed by atoms with E-state index in [9.17, 15) is 5.11 Å². The first-order chi connectivity index (χ1) is 9.81. The molecule has 1 aliphatic rings. The smallest absolute Gasteiger partial charge is 0.283 e. The van der Waals surface area contributed by atoms with Crippen molar-refractivity contribution in [2.24, 2.45) is 11.3 Å². The summed E-state index contributed by atoms with van der Waals surface area (Å²) >= 11 is 2.08. The van der Waals surface area contributed by atoms with Crippen LogP contribution in [-0.2, 0) is 9.31 Å². The van der Waals surface area contributed by atoms with E-state index in [-0.39, 0.29) is 11.0 Å². The van der Waals surface area contributed by atoms with Gasteiger partial charge < -0.3 is 14.4 Å². The van der Waals surface area contributed by atoms with Gasteiger partial charge in [0.1, 0.15) is 3.61 Å². The third kappa shape index (κ3) is 4.87. The highest BCUT2D eigenvalue weighted by Gasteiger charge is 2.48. The van der Waals surface area contributed by atoms with Crippen molar-refractivity contribution in [3.63, 3.8) is 0 Å². The van der Waals surface area contributed by atoms with Crippen molar-refractivity contribution < 1.29 is 14.4 Å². The monoisotopic (exact) mass is 420 g/mol. The average Bonchev–Trinajstić information content (AvgIpc) is 2.85. The summed E-state index contributed by atoms with van der Waals surface area (Å²) in [6.45, 7) is 14.4. The van der Waals surface area contributed by atoms with Gasteiger partial charge in [-0.3, -0.25) is 0 Å². The average molecular weight is 420 g/mol. The van der Waals surface area contributed by atoms with Crippen molar-refractivity contribution >= 4 is 37.3 Å². The molecular weight excluding hydrogens is 389 g/mol. The van der Waals surface area contributed by atoms with Crippen LogP contribution in [0.25, 0.3) is 0 Å². The first-order valence-corrected chi connectivity index (χ1v) is 9.31. The molecule has 0 spiro atoms. The Kier molecular flexibility index (Phi) is 6.92. The fraction of sp³-hybridized carbons (Fsp3) is 1.00. The Morgan fingerprint density at radius 3 is 1.77 bits per heavy atom. The summed E-state index contributed by atoms with van der Waals surface area (Å²) in [6, 6.07) is 0. The molecule has 1 fully saturated rings. The van der Waals surface area contributed by atoms with E-state index < -0.39 is 9.21 Å². The summed E-state index contributed by atoms with van der Waals surface area (Å²) in [5.41, 5.74) is -0.861. The van der Waals surface area contributed by atoms with Crippen LogP contribution in [0.5, 0.6) is 0 Å². The van der Waals surface area contributed by atoms with Crippen molar-refractivity contribution in [3.8, 4) is 0 Å². The predicted octanol–water partition coefficient (Wildman–Crippen LogP) is 4.09. The maximum Gasteiger partial charge on any atom is 0.283 e. The highest BCUT2D eigenvalue weighted by atomic mass is 127. The highest BCUT2D eigenvalue weighted by molar-refractivity contribution is 14.1. The van der Waals surface area contributed by atoms with Crippen LogP contribution in [0.1, 0.15) is 74.1 Å². The van der Waals surface area contributed by atoms with Crippen LogP contribution in [0, 0.1) is 11.3 Å². The van der Waals surface area contributed by atoms with Crippen LogP contribution in [-0.4, -0.2) is 34.7 Å². The lowest BCUT2D eigenvalue weighted by atomic mass is 9.61. The van der Waals surface area contributed by atoms with Crippen LogP contribution in [0.2, 0.25) is 0 Å². The van der Waals surface area contributed by atoms with Gasteiger partial charge in [0, 0.05) is 5.60 Å². The van der Waals surface area contributed by atoms with Crippen LogP contribution < -0.4 is 0 Å². The molecule has 0 aromatic rings. The second-order valence-corrected chi connectivity index (χ2v) is 10.4. The first-order valence-electron chi connectivity index (χ1n) is 8.23. The predicted molar refractivity (Wildman–Crippen MR) is 102 cm³/mol. The summed E-state index contributed by atoms with van der Waals surface area (Å²) in [7, 11) is 3.24. The minimum atomic E-state index is -0.927. The summed E-state index contributed by atoms with van der Waals surface area (Å²) in [5.74, 6) is 0.375. The van der Waals surface area contributed by atoms with Gasteiger partial charge >= 0.3 is 0 Å². The molecule has 6 heteroatoms. The second-order valence-electron chi connectivity index (χ2n) is 8.31. The Morgan fingerprint density at radius 2 is 1.36 bits per heavy atom. The van der Waals surface area contributed by atoms with Crippen molar-refractivity contribution in [1.29, 1.82) is 0 Å². The van der Waals surface area contributed by atoms with Crippen molar-refractivity contribution in [2.45, 2.75) is 89.0 Å². The van der Waals surface area contributed by atoms with Crippen molar-refractivity contribution in [1.82, 2.24) is 0 Å². The van der Waals surface area contributed by atoms with E-state index in [2.05, 4.69) is 57.2 Å². The van der Waals surface area contributed by atoms with Gasteiger partial charge in [-0.1, -0.05) is 33.6 Å². The molecule has 1 N–H and O–H groups in total. The van der Waals surface area contributed by atoms with Gasteiger partial charge in [-0.25, -0.2) is 0 Å². The molecule has 1 unspecified atom stereocenters. The fourth-order valence-corrected chi connectivity index (χ4v) is 3.16. The third-order valence-electron chi connectivity index (χ3n) is 5.58. The highest BCUT2D eigenvalue weighted by Crippen LogP contribution is 2.45. The maximum absolute atomic E-state index is 10.6. The largest absolute Gasteiger partial charge is 0.442 e. The molecule has 1 aliphatic carbocycles. The molecule has 1 rings (SSSR count). The van der Waals surface area contributed by atoms with E-state index in [1.807, 2.05) is 13.8 Å². The zero-order valence-corrected chi connectivity index (χ0v) is 17.4. The second kappa shape index (κ2) is 7.32. The number of hydrogen-bond acceptors (Lipinski definition) is 3. The van der Waals surface area contributed by atoms with E-state index in [1.165, 1.54) is 12.8 Å². The summed E-state index contributed by atoms with van der Waals surface area (Å²) in [4.78, 5) is 0. The molecule has 1 saturated carbocycles. The SMILES string of the molecule is CC(C)(C)C(C)(C)O[B][B]OC(C)(C1CCCC1)[C@@](C)(O)I. The number of hydrogen-bond donors (Lipinski definition) is 1. The minimum absolute atomic E-state index is 0.0286. The van der Waals surface area contributed by atoms with Crippen LogP contribution >= 0.6 is 22.6 Å². The molecule has 0 aromatic heterocycles. The van der Waals surface area contributed by atoms with Gasteiger partial charge in [-0.2, -0.15) is 0 Å². The van der Waals surface area contributed by atoms with Gasteiger partial charge in [0.05, 0.1) is 5.60 Å². The molecule has 0 heterocycles. The molecule has 0 aromatic carbocycles. The number of rotatable bonds is 7. The summed E-state index contributed by atoms with van der Waals surface area (Å²) in [5, 5.41) is 10.6. The Balaban J connectivity index is 2.59. The Labute approximate surface area is 152 Å². The van der Waals surface area contributed by atoms with E-state index >= 15 is 0 Å². The quantitative estimate of drug-likeness (QED) is 0.292. The van der Waals surface area contributed by atoms with E-state index in [0.717, 1.165) is 12.8 Å². The molecule has 126 valence electrons. The van der Waals surface area contributed by atoms with E-state index in [4.69, 9.17) is 9.31 Å². The lowest BCUT2D eigenvalue weighted by Crippen LogP contribution is -2.54. The molecule has 0 amide bonds. The molecule has 0 aliphatic heterocycles. The molecular formula is C16H31B2IO3. The molecule has 22 heavy (non-hydrogen) atoms. The Hall–Kier alpha value is 0.740. The first kappa shape index (κ1) is 20.8. The van der Waals surface area contributed by atoms with Gasteiger partial charge in [0.15, 0.2) is 0 Å². The van der Waals surface area contributed by atoms with Gasteiger partial charge in [-0.15, -0.1) is 0 Å². The fourth-order valence-electron chi connectivity index (χ4n) is 2.60. The summed E-state index contributed by atoms with van der Waals surface area (Å²) < 4.78 is 11.0. The number of halogens is 1. The molecule has 0 saturated heterocycles. The lowest BCUT2D eigenvalue weighted by Gasteiger charge is -2.44. The normalized spacial score (nSPS) is 23.0. The maximum atomic E-state index is 10.6. The standard InChI is InChI=1S/C16H31B2IO3/c1-13(2,3)14(4,5)21-17-18-22-15(6,16(7,19)20)12-10-8-9-11-12/h12,20H,8-11H2,1-7H3/t15?,16-/m1/s1. The Morgan fingerprint density at radius 1 is 0.909 bits per heavy atom. The number of aliphatic hydroxyl groups is 1. The van der Waals surface area contributed by atoms with Crippen LogP contribution in [0.15, 0.2) is 0 Å². The van der Waals surface area contributed by atoms with Gasteiger partial charge in [0.2, 0.25) is 0 Å². The zero-order valence-electron chi connectivity index (χ0n) is 15.2. The van der Waals surface area contributed by atoms with Gasteiger partial charge in [0.25, 0.3) is 14.7 Å². The topological polar surface area (TPSA) is 38.7 Å². The van der Waals surface area contributed by atoms with Crippen LogP contribution in [0.4, 0.5) is 0 Å². The minimum Gasteiger partial charge on any atom is -0.442 e. The summed E-state index contributed by atoms with van der Waals surface area (Å²) in [6.07, 6.45) is 4.65. The van der Waals surface area contributed by atoms with E-state index in [0.29, 0.717) is 5.92 Å². The third-order valence-corrected chi connectivity index (χ3v) is 6.65. The van der Waals surface area contributed by atoms with E-state index in [1.54, 1.807) is 14.7 Å².